The molecule has 0 aromatic heterocycles. The van der Waals surface area contributed by atoms with Gasteiger partial charge in [0.25, 0.3) is 0 Å². The molecule has 0 N–H and O–H groups in total. The van der Waals surface area contributed by atoms with Crippen LogP contribution < -0.4 is 0 Å². The van der Waals surface area contributed by atoms with E-state index in [-0.39, 0.29) is 0 Å². The first-order valence-electron chi connectivity index (χ1n) is 7.17. The molecule has 2 aliphatic heterocycles. The van der Waals surface area contributed by atoms with Gasteiger partial charge < -0.3 is 0 Å². The zero-order valence-electron chi connectivity index (χ0n) is 11.2. The number of fused-ring (bicyclic) bond motifs is 2. The summed E-state index contributed by atoms with van der Waals surface area (Å²) in [6.07, 6.45) is 5.01. The maximum Gasteiger partial charge on any atom is 0.0287 e. The lowest BCUT2D eigenvalue weighted by Gasteiger charge is -2.38. The van der Waals surface area contributed by atoms with Gasteiger partial charge >= 0.3 is 0 Å². The van der Waals surface area contributed by atoms with E-state index in [9.17, 15) is 0 Å². The van der Waals surface area contributed by atoms with Crippen LogP contribution in [-0.2, 0) is 6.54 Å². The number of nitrogens with zero attached hydrogens (tertiary/aromatic N) is 4. The molecule has 2 unspecified atom stereocenters. The fourth-order valence-corrected chi connectivity index (χ4v) is 3.74. The van der Waals surface area contributed by atoms with Crippen LogP contribution in [0, 0.1) is 5.92 Å². The fourth-order valence-electron chi connectivity index (χ4n) is 3.74. The van der Waals surface area contributed by atoms with Crippen LogP contribution in [0.1, 0.15) is 31.2 Å². The third-order valence-electron chi connectivity index (χ3n) is 4.59. The van der Waals surface area contributed by atoms with E-state index in [0.717, 1.165) is 6.54 Å². The Morgan fingerprint density at radius 1 is 1.16 bits per heavy atom. The Morgan fingerprint density at radius 2 is 1.84 bits per heavy atom. The second-order valence-corrected chi connectivity index (χ2v) is 5.79. The van der Waals surface area contributed by atoms with E-state index >= 15 is 0 Å². The maximum absolute atomic E-state index is 8.44. The van der Waals surface area contributed by atoms with Crippen molar-refractivity contribution in [2.75, 3.05) is 6.54 Å². The lowest BCUT2D eigenvalue weighted by Crippen LogP contribution is -2.42. The van der Waals surface area contributed by atoms with Crippen molar-refractivity contribution in [2.24, 2.45) is 11.0 Å². The molecule has 0 amide bonds. The number of hydrogen-bond acceptors (Lipinski definition) is 2. The van der Waals surface area contributed by atoms with Crippen molar-refractivity contribution in [2.45, 2.75) is 44.3 Å². The Morgan fingerprint density at radius 3 is 2.47 bits per heavy atom. The first-order chi connectivity index (χ1) is 9.36. The largest absolute Gasteiger partial charge is 0.293 e. The van der Waals surface area contributed by atoms with Crippen molar-refractivity contribution in [3.63, 3.8) is 0 Å². The normalized spacial score (nSPS) is 30.0. The van der Waals surface area contributed by atoms with Gasteiger partial charge in [-0.1, -0.05) is 35.4 Å². The van der Waals surface area contributed by atoms with Crippen molar-refractivity contribution in [3.8, 4) is 0 Å². The SMILES string of the molecule is [N-]=[N+]=NCC1CC2CCC(C1)N2Cc1ccccc1. The molecule has 19 heavy (non-hydrogen) atoms. The van der Waals surface area contributed by atoms with E-state index in [1.807, 2.05) is 0 Å². The topological polar surface area (TPSA) is 52.0 Å². The molecule has 4 nitrogen and oxygen atoms in total. The highest BCUT2D eigenvalue weighted by Crippen LogP contribution is 2.39. The van der Waals surface area contributed by atoms with Gasteiger partial charge in [0.05, 0.1) is 0 Å². The van der Waals surface area contributed by atoms with Gasteiger partial charge in [0, 0.05) is 30.1 Å². The summed E-state index contributed by atoms with van der Waals surface area (Å²) in [4.78, 5) is 5.57. The van der Waals surface area contributed by atoms with Crippen LogP contribution >= 0.6 is 0 Å². The van der Waals surface area contributed by atoms with Crippen LogP contribution in [0.5, 0.6) is 0 Å². The molecule has 0 saturated carbocycles. The Labute approximate surface area is 114 Å². The van der Waals surface area contributed by atoms with E-state index in [0.29, 0.717) is 24.5 Å². The van der Waals surface area contributed by atoms with Gasteiger partial charge in [0.1, 0.15) is 0 Å². The van der Waals surface area contributed by atoms with E-state index in [1.54, 1.807) is 0 Å². The predicted octanol–water partition coefficient (Wildman–Crippen LogP) is 3.74. The minimum absolute atomic E-state index is 0.598. The molecule has 2 atom stereocenters. The quantitative estimate of drug-likeness (QED) is 0.460. The van der Waals surface area contributed by atoms with Crippen LogP contribution in [0.4, 0.5) is 0 Å². The highest BCUT2D eigenvalue weighted by atomic mass is 15.2. The van der Waals surface area contributed by atoms with E-state index in [1.165, 1.54) is 31.2 Å². The lowest BCUT2D eigenvalue weighted by molar-refractivity contribution is 0.0989. The van der Waals surface area contributed by atoms with Crippen molar-refractivity contribution in [1.29, 1.82) is 0 Å². The zero-order valence-corrected chi connectivity index (χ0v) is 11.2. The highest BCUT2D eigenvalue weighted by Gasteiger charge is 2.39. The number of benzene rings is 1. The molecule has 2 saturated heterocycles. The number of hydrogen-bond donors (Lipinski definition) is 0. The first-order valence-corrected chi connectivity index (χ1v) is 7.17. The maximum atomic E-state index is 8.44. The molecule has 2 bridgehead atoms. The van der Waals surface area contributed by atoms with Crippen molar-refractivity contribution in [1.82, 2.24) is 4.90 Å². The summed E-state index contributed by atoms with van der Waals surface area (Å²) < 4.78 is 0. The second kappa shape index (κ2) is 5.64. The second-order valence-electron chi connectivity index (χ2n) is 5.79. The highest BCUT2D eigenvalue weighted by molar-refractivity contribution is 5.15. The molecule has 100 valence electrons. The minimum Gasteiger partial charge on any atom is -0.293 e. The Hall–Kier alpha value is -1.51. The van der Waals surface area contributed by atoms with Gasteiger partial charge in [-0.2, -0.15) is 0 Å². The van der Waals surface area contributed by atoms with Crippen molar-refractivity contribution in [3.05, 3.63) is 46.3 Å². The smallest absolute Gasteiger partial charge is 0.0287 e. The molecule has 0 spiro atoms. The monoisotopic (exact) mass is 256 g/mol. The molecule has 0 aliphatic carbocycles. The average molecular weight is 256 g/mol. The van der Waals surface area contributed by atoms with Crippen LogP contribution in [0.15, 0.2) is 35.4 Å². The third kappa shape index (κ3) is 2.75. The lowest BCUT2D eigenvalue weighted by atomic mass is 9.90. The van der Waals surface area contributed by atoms with E-state index in [4.69, 9.17) is 5.53 Å². The van der Waals surface area contributed by atoms with E-state index in [2.05, 4.69) is 45.3 Å². The van der Waals surface area contributed by atoms with E-state index < -0.39 is 0 Å². The summed E-state index contributed by atoms with van der Waals surface area (Å²) in [6, 6.07) is 12.1. The van der Waals surface area contributed by atoms with Crippen LogP contribution in [0.25, 0.3) is 10.4 Å². The van der Waals surface area contributed by atoms with Gasteiger partial charge in [0.2, 0.25) is 0 Å². The van der Waals surface area contributed by atoms with Gasteiger partial charge in [-0.25, -0.2) is 0 Å². The predicted molar refractivity (Wildman–Crippen MR) is 75.5 cm³/mol. The molecule has 2 aliphatic rings. The van der Waals surface area contributed by atoms with Crippen LogP contribution in [0.2, 0.25) is 0 Å². The molecule has 3 rings (SSSR count). The van der Waals surface area contributed by atoms with Crippen molar-refractivity contribution >= 4 is 0 Å². The molecule has 0 radical (unpaired) electrons. The minimum atomic E-state index is 0.598. The summed E-state index contributed by atoms with van der Waals surface area (Å²) in [5, 5.41) is 3.76. The summed E-state index contributed by atoms with van der Waals surface area (Å²) >= 11 is 0. The number of azide groups is 1. The Kier molecular flexibility index (Phi) is 3.72. The summed E-state index contributed by atoms with van der Waals surface area (Å²) in [7, 11) is 0. The van der Waals surface area contributed by atoms with Gasteiger partial charge in [0.15, 0.2) is 0 Å². The van der Waals surface area contributed by atoms with Crippen LogP contribution in [0.3, 0.4) is 0 Å². The number of piperidine rings is 1. The third-order valence-corrected chi connectivity index (χ3v) is 4.59. The van der Waals surface area contributed by atoms with Crippen molar-refractivity contribution < 1.29 is 0 Å². The first kappa shape index (κ1) is 12.5. The standard InChI is InChI=1S/C15H20N4/c16-18-17-10-13-8-14-6-7-15(9-13)19(14)11-12-4-2-1-3-5-12/h1-5,13-15H,6-11H2. The average Bonchev–Trinajstić information content (AvgIpc) is 2.69. The van der Waals surface area contributed by atoms with Gasteiger partial charge in [-0.15, -0.1) is 0 Å². The van der Waals surface area contributed by atoms with Gasteiger partial charge in [-0.05, 0) is 42.7 Å². The van der Waals surface area contributed by atoms with Crippen LogP contribution in [-0.4, -0.2) is 23.5 Å². The molecular weight excluding hydrogens is 236 g/mol. The van der Waals surface area contributed by atoms with Gasteiger partial charge in [-0.3, -0.25) is 4.90 Å². The molecular formula is C15H20N4. The Bertz CT molecular complexity index is 452. The molecule has 1 aromatic carbocycles. The zero-order chi connectivity index (χ0) is 13.1. The summed E-state index contributed by atoms with van der Waals surface area (Å²) in [5.74, 6) is 0.598. The number of rotatable bonds is 4. The Balaban J connectivity index is 1.65. The molecule has 2 heterocycles. The molecule has 2 fully saturated rings. The molecule has 1 aromatic rings. The fraction of sp³-hybridized carbons (Fsp3) is 0.600. The molecule has 4 heteroatoms. The summed E-state index contributed by atoms with van der Waals surface area (Å²) in [5.41, 5.74) is 9.85. The summed E-state index contributed by atoms with van der Waals surface area (Å²) in [6.45, 7) is 1.76.